The van der Waals surface area contributed by atoms with Gasteiger partial charge in [0.05, 0.1) is 29.7 Å². The van der Waals surface area contributed by atoms with Crippen molar-refractivity contribution in [1.82, 2.24) is 0 Å². The summed E-state index contributed by atoms with van der Waals surface area (Å²) in [6.45, 7) is 2.67. The molecule has 0 aromatic heterocycles. The molecule has 7 rings (SSSR count). The van der Waals surface area contributed by atoms with Crippen molar-refractivity contribution in [1.29, 1.82) is 0 Å². The number of carbonyl (C=O) groups is 3. The van der Waals surface area contributed by atoms with Crippen LogP contribution < -0.4 is 4.90 Å². The van der Waals surface area contributed by atoms with Gasteiger partial charge >= 0.3 is 5.97 Å². The Balaban J connectivity index is 0.977. The zero-order chi connectivity index (χ0) is 31.2. The lowest BCUT2D eigenvalue weighted by atomic mass is 9.55. The molecule has 45 heavy (non-hydrogen) atoms. The van der Waals surface area contributed by atoms with E-state index >= 15 is 0 Å². The quantitative estimate of drug-likeness (QED) is 0.0927. The predicted octanol–water partition coefficient (Wildman–Crippen LogP) is 9.33. The van der Waals surface area contributed by atoms with Crippen LogP contribution in [0.25, 0.3) is 0 Å². The van der Waals surface area contributed by atoms with Crippen LogP contribution in [-0.4, -0.2) is 24.4 Å². The number of ether oxygens (including phenoxy) is 1. The molecule has 236 valence electrons. The molecule has 0 spiro atoms. The van der Waals surface area contributed by atoms with Crippen molar-refractivity contribution in [2.45, 2.75) is 102 Å². The number of hydrogen-bond donors (Lipinski definition) is 0. The minimum atomic E-state index is -0.419. The monoisotopic (exact) mass is 605 g/mol. The summed E-state index contributed by atoms with van der Waals surface area (Å²) in [4.78, 5) is 42.0. The van der Waals surface area contributed by atoms with Gasteiger partial charge in [-0.2, -0.15) is 0 Å². The van der Waals surface area contributed by atoms with E-state index in [0.29, 0.717) is 17.9 Å². The number of amides is 2. The molecule has 2 amide bonds. The van der Waals surface area contributed by atoms with Gasteiger partial charge in [0.2, 0.25) is 11.8 Å². The molecule has 1 aliphatic heterocycles. The minimum absolute atomic E-state index is 0.131. The van der Waals surface area contributed by atoms with Crippen LogP contribution in [0.15, 0.2) is 72.8 Å². The molecule has 3 aliphatic carbocycles. The average molecular weight is 606 g/mol. The van der Waals surface area contributed by atoms with Crippen molar-refractivity contribution in [3.63, 3.8) is 0 Å². The van der Waals surface area contributed by atoms with Crippen molar-refractivity contribution < 1.29 is 19.1 Å². The molecule has 3 aromatic carbocycles. The van der Waals surface area contributed by atoms with Crippen LogP contribution in [0.1, 0.15) is 135 Å². The largest absolute Gasteiger partial charge is 0.462 e. The zero-order valence-corrected chi connectivity index (χ0v) is 26.7. The van der Waals surface area contributed by atoms with E-state index in [1.54, 1.807) is 24.3 Å². The highest BCUT2D eigenvalue weighted by Crippen LogP contribution is 2.61. The highest BCUT2D eigenvalue weighted by molar-refractivity contribution is 6.23. The zero-order valence-electron chi connectivity index (χ0n) is 26.7. The summed E-state index contributed by atoms with van der Waals surface area (Å²) in [5.74, 6) is -1.77. The topological polar surface area (TPSA) is 63.7 Å². The first kappa shape index (κ1) is 31.3. The number of benzene rings is 3. The van der Waals surface area contributed by atoms with Gasteiger partial charge in [-0.3, -0.25) is 9.59 Å². The molecule has 2 bridgehead atoms. The smallest absolute Gasteiger partial charge is 0.338 e. The molecule has 0 radical (unpaired) electrons. The third-order valence-corrected chi connectivity index (χ3v) is 10.3. The Bertz CT molecular complexity index is 1380. The van der Waals surface area contributed by atoms with Gasteiger partial charge in [0.1, 0.15) is 0 Å². The van der Waals surface area contributed by atoms with Crippen LogP contribution in [0, 0.1) is 11.8 Å². The van der Waals surface area contributed by atoms with Gasteiger partial charge in [-0.05, 0) is 52.9 Å². The number of nitrogens with zero attached hydrogens (tertiary/aromatic N) is 1. The molecule has 0 saturated carbocycles. The number of carbonyl (C=O) groups excluding carboxylic acids is 3. The van der Waals surface area contributed by atoms with Crippen molar-refractivity contribution in [2.24, 2.45) is 11.8 Å². The van der Waals surface area contributed by atoms with Gasteiger partial charge in [0.15, 0.2) is 0 Å². The summed E-state index contributed by atoms with van der Waals surface area (Å²) < 4.78 is 5.53. The summed E-state index contributed by atoms with van der Waals surface area (Å²) in [7, 11) is 0. The van der Waals surface area contributed by atoms with Crippen LogP contribution in [0.3, 0.4) is 0 Å². The van der Waals surface area contributed by atoms with Gasteiger partial charge in [0, 0.05) is 11.8 Å². The molecule has 1 fully saturated rings. The Hall–Kier alpha value is -3.73. The number of anilines is 1. The Morgan fingerprint density at radius 1 is 0.578 bits per heavy atom. The second-order valence-electron chi connectivity index (χ2n) is 13.2. The number of esters is 1. The molecular formula is C40H47NO4. The fourth-order valence-electron chi connectivity index (χ4n) is 8.05. The highest BCUT2D eigenvalue weighted by atomic mass is 16.5. The number of hydrogen-bond acceptors (Lipinski definition) is 4. The summed E-state index contributed by atoms with van der Waals surface area (Å²) in [6, 6.07) is 23.3. The standard InChI is InChI=1S/C40H47NO4/c1-2-3-4-5-6-7-8-9-10-11-12-13-18-27-45-40(44)28-23-25-29(26-24-28)41-38(42)36-34-30-19-14-15-20-31(30)35(37(36)39(41)43)33-22-17-16-21-32(33)34/h14-17,19-26,34-37H,2-13,18,27H2,1H3. The van der Waals surface area contributed by atoms with Gasteiger partial charge in [-0.15, -0.1) is 0 Å². The maximum absolute atomic E-state index is 14.0. The Morgan fingerprint density at radius 3 is 1.40 bits per heavy atom. The molecule has 1 saturated heterocycles. The van der Waals surface area contributed by atoms with Gasteiger partial charge < -0.3 is 4.74 Å². The predicted molar refractivity (Wildman–Crippen MR) is 178 cm³/mol. The number of imide groups is 1. The normalized spacial score (nSPS) is 21.0. The van der Waals surface area contributed by atoms with E-state index in [9.17, 15) is 14.4 Å². The average Bonchev–Trinajstić information content (AvgIpc) is 3.34. The first-order chi connectivity index (χ1) is 22.1. The molecule has 0 N–H and O–H groups in total. The third-order valence-electron chi connectivity index (χ3n) is 10.3. The summed E-state index contributed by atoms with van der Waals surface area (Å²) >= 11 is 0. The van der Waals surface area contributed by atoms with Crippen LogP contribution in [-0.2, 0) is 14.3 Å². The molecule has 2 unspecified atom stereocenters. The highest BCUT2D eigenvalue weighted by Gasteiger charge is 2.61. The van der Waals surface area contributed by atoms with Crippen LogP contribution in [0.2, 0.25) is 0 Å². The Kier molecular flexibility index (Phi) is 10.1. The number of rotatable bonds is 16. The van der Waals surface area contributed by atoms with E-state index < -0.39 is 11.8 Å². The maximum Gasteiger partial charge on any atom is 0.338 e. The van der Waals surface area contributed by atoms with E-state index in [2.05, 4.69) is 31.2 Å². The molecule has 4 aliphatic rings. The van der Waals surface area contributed by atoms with Crippen molar-refractivity contribution in [2.75, 3.05) is 11.5 Å². The fourth-order valence-corrected chi connectivity index (χ4v) is 8.05. The van der Waals surface area contributed by atoms with Gasteiger partial charge in [0.25, 0.3) is 0 Å². The van der Waals surface area contributed by atoms with E-state index in [-0.39, 0.29) is 29.6 Å². The fraction of sp³-hybridized carbons (Fsp3) is 0.475. The molecule has 1 heterocycles. The van der Waals surface area contributed by atoms with E-state index in [1.165, 1.54) is 75.5 Å². The Labute approximate surface area is 268 Å². The molecule has 2 atom stereocenters. The van der Waals surface area contributed by atoms with Crippen LogP contribution in [0.4, 0.5) is 5.69 Å². The Morgan fingerprint density at radius 2 is 0.978 bits per heavy atom. The first-order valence-corrected chi connectivity index (χ1v) is 17.4. The summed E-state index contributed by atoms with van der Waals surface area (Å²) in [6.07, 6.45) is 16.6. The number of unbranched alkanes of at least 4 members (excludes halogenated alkanes) is 12. The van der Waals surface area contributed by atoms with Crippen LogP contribution >= 0.6 is 0 Å². The van der Waals surface area contributed by atoms with Crippen molar-refractivity contribution >= 4 is 23.5 Å². The molecule has 5 nitrogen and oxygen atoms in total. The van der Waals surface area contributed by atoms with E-state index in [0.717, 1.165) is 35.1 Å². The lowest BCUT2D eigenvalue weighted by molar-refractivity contribution is -0.122. The third kappa shape index (κ3) is 6.36. The van der Waals surface area contributed by atoms with E-state index in [1.807, 2.05) is 24.3 Å². The van der Waals surface area contributed by atoms with Gasteiger partial charge in [-0.1, -0.05) is 133 Å². The van der Waals surface area contributed by atoms with Gasteiger partial charge in [-0.25, -0.2) is 9.69 Å². The van der Waals surface area contributed by atoms with E-state index in [4.69, 9.17) is 4.74 Å². The lowest BCUT2D eigenvalue weighted by Gasteiger charge is -2.45. The minimum Gasteiger partial charge on any atom is -0.462 e. The SMILES string of the molecule is CCCCCCCCCCCCCCCOC(=O)c1ccc(N2C(=O)C3C4c5ccccc5C(c5ccccc54)C3C2=O)cc1. The molecule has 3 aromatic rings. The van der Waals surface area contributed by atoms with Crippen molar-refractivity contribution in [3.05, 3.63) is 101 Å². The summed E-state index contributed by atoms with van der Waals surface area (Å²) in [5, 5.41) is 0. The molecule has 5 heteroatoms. The second-order valence-corrected chi connectivity index (χ2v) is 13.2. The first-order valence-electron chi connectivity index (χ1n) is 17.4. The van der Waals surface area contributed by atoms with Crippen LogP contribution in [0.5, 0.6) is 0 Å². The molecular weight excluding hydrogens is 558 g/mol. The van der Waals surface area contributed by atoms with Crippen molar-refractivity contribution in [3.8, 4) is 0 Å². The second kappa shape index (κ2) is 14.6. The summed E-state index contributed by atoms with van der Waals surface area (Å²) in [5.41, 5.74) is 5.59. The lowest BCUT2D eigenvalue weighted by Crippen LogP contribution is -2.41. The maximum atomic E-state index is 14.0.